The fraction of sp³-hybridized carbons (Fsp3) is 0.381. The van der Waals surface area contributed by atoms with Crippen molar-refractivity contribution in [3.05, 3.63) is 65.7 Å². The molecule has 0 aliphatic carbocycles. The van der Waals surface area contributed by atoms with E-state index in [1.165, 1.54) is 11.1 Å². The largest absolute Gasteiger partial charge is 0.497 e. The SMILES string of the molecule is COc1ccc(C(CNC(=NCc2ccccc2)N(C)C)N(C)C)cc1. The smallest absolute Gasteiger partial charge is 0.193 e. The maximum Gasteiger partial charge on any atom is 0.193 e. The third-order valence-electron chi connectivity index (χ3n) is 4.26. The fourth-order valence-corrected chi connectivity index (χ4v) is 2.72. The summed E-state index contributed by atoms with van der Waals surface area (Å²) < 4.78 is 5.26. The molecule has 2 aromatic carbocycles. The van der Waals surface area contributed by atoms with Crippen molar-refractivity contribution in [1.82, 2.24) is 15.1 Å². The highest BCUT2D eigenvalue weighted by molar-refractivity contribution is 5.79. The van der Waals surface area contributed by atoms with Gasteiger partial charge in [0.1, 0.15) is 5.75 Å². The van der Waals surface area contributed by atoms with Crippen LogP contribution in [-0.2, 0) is 6.54 Å². The fourth-order valence-electron chi connectivity index (χ4n) is 2.72. The van der Waals surface area contributed by atoms with Crippen LogP contribution in [0.5, 0.6) is 5.75 Å². The molecule has 0 aliphatic heterocycles. The summed E-state index contributed by atoms with van der Waals surface area (Å²) >= 11 is 0. The number of nitrogens with zero attached hydrogens (tertiary/aromatic N) is 3. The second-order valence-corrected chi connectivity index (χ2v) is 6.65. The number of benzene rings is 2. The van der Waals surface area contributed by atoms with E-state index in [9.17, 15) is 0 Å². The van der Waals surface area contributed by atoms with Gasteiger partial charge in [-0.05, 0) is 37.4 Å². The lowest BCUT2D eigenvalue weighted by molar-refractivity contribution is 0.296. The molecule has 0 aromatic heterocycles. The summed E-state index contributed by atoms with van der Waals surface area (Å²) in [7, 11) is 9.89. The second kappa shape index (κ2) is 9.82. The maximum atomic E-state index is 5.26. The van der Waals surface area contributed by atoms with Gasteiger partial charge < -0.3 is 19.9 Å². The number of nitrogens with one attached hydrogen (secondary N) is 1. The zero-order chi connectivity index (χ0) is 18.9. The van der Waals surface area contributed by atoms with E-state index in [1.54, 1.807) is 7.11 Å². The van der Waals surface area contributed by atoms with Gasteiger partial charge in [0, 0.05) is 20.6 Å². The van der Waals surface area contributed by atoms with Crippen LogP contribution in [0.3, 0.4) is 0 Å². The molecule has 5 heteroatoms. The van der Waals surface area contributed by atoms with Crippen LogP contribution in [0.1, 0.15) is 17.2 Å². The highest BCUT2D eigenvalue weighted by Gasteiger charge is 2.15. The van der Waals surface area contributed by atoms with E-state index in [-0.39, 0.29) is 6.04 Å². The van der Waals surface area contributed by atoms with Crippen LogP contribution in [0.25, 0.3) is 0 Å². The van der Waals surface area contributed by atoms with E-state index in [1.807, 2.05) is 49.3 Å². The highest BCUT2D eigenvalue weighted by atomic mass is 16.5. The predicted molar refractivity (Wildman–Crippen MR) is 109 cm³/mol. The average Bonchev–Trinajstić information content (AvgIpc) is 2.65. The van der Waals surface area contributed by atoms with Crippen LogP contribution in [-0.4, -0.2) is 57.6 Å². The number of rotatable bonds is 7. The van der Waals surface area contributed by atoms with E-state index in [0.717, 1.165) is 18.3 Å². The molecule has 0 fully saturated rings. The molecule has 1 atom stereocenters. The Morgan fingerprint density at radius 1 is 1.00 bits per heavy atom. The number of likely N-dealkylation sites (N-methyl/N-ethyl adjacent to an activating group) is 1. The molecule has 0 amide bonds. The Kier molecular flexibility index (Phi) is 7.48. The summed E-state index contributed by atoms with van der Waals surface area (Å²) in [6.45, 7) is 1.43. The Hall–Kier alpha value is -2.53. The third-order valence-corrected chi connectivity index (χ3v) is 4.26. The quantitative estimate of drug-likeness (QED) is 0.613. The molecule has 0 spiro atoms. The molecule has 0 heterocycles. The minimum Gasteiger partial charge on any atom is -0.497 e. The maximum absolute atomic E-state index is 5.26. The van der Waals surface area contributed by atoms with Gasteiger partial charge in [0.15, 0.2) is 5.96 Å². The van der Waals surface area contributed by atoms with Gasteiger partial charge in [-0.3, -0.25) is 0 Å². The van der Waals surface area contributed by atoms with Crippen molar-refractivity contribution in [2.75, 3.05) is 41.8 Å². The van der Waals surface area contributed by atoms with Gasteiger partial charge in [-0.25, -0.2) is 4.99 Å². The lowest BCUT2D eigenvalue weighted by Crippen LogP contribution is -2.41. The Bertz CT molecular complexity index is 681. The van der Waals surface area contributed by atoms with Crippen LogP contribution in [0.4, 0.5) is 0 Å². The number of aliphatic imine (C=N–C) groups is 1. The number of hydrogen-bond acceptors (Lipinski definition) is 3. The van der Waals surface area contributed by atoms with Crippen molar-refractivity contribution in [1.29, 1.82) is 0 Å². The van der Waals surface area contributed by atoms with Gasteiger partial charge >= 0.3 is 0 Å². The highest BCUT2D eigenvalue weighted by Crippen LogP contribution is 2.20. The van der Waals surface area contributed by atoms with Crippen LogP contribution in [0.15, 0.2) is 59.6 Å². The van der Waals surface area contributed by atoms with Crippen molar-refractivity contribution in [2.45, 2.75) is 12.6 Å². The molecule has 0 radical (unpaired) electrons. The molecule has 0 saturated carbocycles. The summed E-state index contributed by atoms with van der Waals surface area (Å²) in [6.07, 6.45) is 0. The molecule has 1 unspecified atom stereocenters. The van der Waals surface area contributed by atoms with Gasteiger partial charge in [0.2, 0.25) is 0 Å². The molecular weight excluding hydrogens is 324 g/mol. The molecule has 0 bridgehead atoms. The topological polar surface area (TPSA) is 40.1 Å². The summed E-state index contributed by atoms with van der Waals surface area (Å²) in [6, 6.07) is 18.8. The minimum absolute atomic E-state index is 0.239. The van der Waals surface area contributed by atoms with Crippen molar-refractivity contribution < 1.29 is 4.74 Å². The zero-order valence-electron chi connectivity index (χ0n) is 16.4. The normalized spacial score (nSPS) is 12.8. The number of ether oxygens (including phenoxy) is 1. The van der Waals surface area contributed by atoms with Crippen LogP contribution in [0, 0.1) is 0 Å². The van der Waals surface area contributed by atoms with Gasteiger partial charge in [0.25, 0.3) is 0 Å². The zero-order valence-corrected chi connectivity index (χ0v) is 16.4. The monoisotopic (exact) mass is 354 g/mol. The van der Waals surface area contributed by atoms with E-state index < -0.39 is 0 Å². The molecule has 140 valence electrons. The molecule has 5 nitrogen and oxygen atoms in total. The van der Waals surface area contributed by atoms with Crippen LogP contribution < -0.4 is 10.1 Å². The lowest BCUT2D eigenvalue weighted by atomic mass is 10.1. The molecule has 0 aliphatic rings. The van der Waals surface area contributed by atoms with Crippen molar-refractivity contribution in [3.63, 3.8) is 0 Å². The first-order valence-corrected chi connectivity index (χ1v) is 8.81. The van der Waals surface area contributed by atoms with Crippen molar-refractivity contribution in [2.24, 2.45) is 4.99 Å². The van der Waals surface area contributed by atoms with Crippen LogP contribution in [0.2, 0.25) is 0 Å². The number of hydrogen-bond donors (Lipinski definition) is 1. The van der Waals surface area contributed by atoms with Gasteiger partial charge in [-0.1, -0.05) is 42.5 Å². The summed E-state index contributed by atoms with van der Waals surface area (Å²) in [5, 5.41) is 3.50. The van der Waals surface area contributed by atoms with Gasteiger partial charge in [-0.15, -0.1) is 0 Å². The summed E-state index contributed by atoms with van der Waals surface area (Å²) in [5.41, 5.74) is 2.44. The molecule has 2 aromatic rings. The van der Waals surface area contributed by atoms with E-state index in [2.05, 4.69) is 48.6 Å². The first-order valence-electron chi connectivity index (χ1n) is 8.81. The summed E-state index contributed by atoms with van der Waals surface area (Å²) in [5.74, 6) is 1.76. The van der Waals surface area contributed by atoms with Crippen LogP contribution >= 0.6 is 0 Å². The van der Waals surface area contributed by atoms with Crippen molar-refractivity contribution >= 4 is 5.96 Å². The van der Waals surface area contributed by atoms with Gasteiger partial charge in [-0.2, -0.15) is 0 Å². The molecule has 2 rings (SSSR count). The summed E-state index contributed by atoms with van der Waals surface area (Å²) in [4.78, 5) is 8.96. The van der Waals surface area contributed by atoms with Crippen molar-refractivity contribution in [3.8, 4) is 5.75 Å². The third kappa shape index (κ3) is 5.77. The first kappa shape index (κ1) is 19.8. The van der Waals surface area contributed by atoms with E-state index >= 15 is 0 Å². The molecule has 1 N–H and O–H groups in total. The minimum atomic E-state index is 0.239. The molecular formula is C21H30N4O. The molecule has 26 heavy (non-hydrogen) atoms. The lowest BCUT2D eigenvalue weighted by Gasteiger charge is -2.27. The Balaban J connectivity index is 2.06. The number of methoxy groups -OCH3 is 1. The Morgan fingerprint density at radius 2 is 1.65 bits per heavy atom. The Morgan fingerprint density at radius 3 is 2.19 bits per heavy atom. The van der Waals surface area contributed by atoms with E-state index in [4.69, 9.17) is 9.73 Å². The molecule has 0 saturated heterocycles. The standard InChI is InChI=1S/C21H30N4O/c1-24(2)20(18-11-13-19(26-5)14-12-18)16-23-21(25(3)4)22-15-17-9-7-6-8-10-17/h6-14,20H,15-16H2,1-5H3,(H,22,23). The Labute approximate surface area is 157 Å². The average molecular weight is 354 g/mol. The van der Waals surface area contributed by atoms with Gasteiger partial charge in [0.05, 0.1) is 19.7 Å². The first-order chi connectivity index (χ1) is 12.5. The van der Waals surface area contributed by atoms with E-state index in [0.29, 0.717) is 6.54 Å². The predicted octanol–water partition coefficient (Wildman–Crippen LogP) is 3.01. The second-order valence-electron chi connectivity index (χ2n) is 6.65. The number of guanidine groups is 1.